The number of hydrogen-bond acceptors (Lipinski definition) is 5. The fourth-order valence-electron chi connectivity index (χ4n) is 1.46. The molecule has 0 fully saturated rings. The minimum absolute atomic E-state index is 0.0361. The van der Waals surface area contributed by atoms with Crippen LogP contribution in [0.15, 0.2) is 0 Å². The van der Waals surface area contributed by atoms with Crippen LogP contribution in [0.2, 0.25) is 0 Å². The van der Waals surface area contributed by atoms with Gasteiger partial charge in [-0.3, -0.25) is 0 Å². The summed E-state index contributed by atoms with van der Waals surface area (Å²) in [6.45, 7) is 8.37. The fourth-order valence-corrected chi connectivity index (χ4v) is 1.46. The summed E-state index contributed by atoms with van der Waals surface area (Å²) in [5, 5.41) is 9.16. The van der Waals surface area contributed by atoms with E-state index in [4.69, 9.17) is 24.1 Å². The lowest BCUT2D eigenvalue weighted by molar-refractivity contribution is -0.0658. The Labute approximate surface area is 123 Å². The highest BCUT2D eigenvalue weighted by molar-refractivity contribution is 4.53. The summed E-state index contributed by atoms with van der Waals surface area (Å²) in [5.41, 5.74) is 0. The Morgan fingerprint density at radius 1 is 0.750 bits per heavy atom. The van der Waals surface area contributed by atoms with Gasteiger partial charge in [-0.2, -0.15) is 0 Å². The summed E-state index contributed by atoms with van der Waals surface area (Å²) < 4.78 is 21.6. The van der Waals surface area contributed by atoms with Gasteiger partial charge in [-0.1, -0.05) is 26.7 Å². The monoisotopic (exact) mass is 292 g/mol. The smallest absolute Gasteiger partial charge is 0.104 e. The van der Waals surface area contributed by atoms with Crippen molar-refractivity contribution >= 4 is 0 Å². The first-order chi connectivity index (χ1) is 9.85. The van der Waals surface area contributed by atoms with Gasteiger partial charge in [-0.15, -0.1) is 0 Å². The van der Waals surface area contributed by atoms with E-state index in [9.17, 15) is 0 Å². The normalized spacial score (nSPS) is 12.8. The predicted molar refractivity (Wildman–Crippen MR) is 79.1 cm³/mol. The van der Waals surface area contributed by atoms with Crippen LogP contribution >= 0.6 is 0 Å². The molecule has 1 atom stereocenters. The molecule has 0 aliphatic carbocycles. The van der Waals surface area contributed by atoms with E-state index in [1.165, 1.54) is 0 Å². The van der Waals surface area contributed by atoms with Crippen molar-refractivity contribution in [2.75, 3.05) is 52.9 Å². The van der Waals surface area contributed by atoms with E-state index in [0.717, 1.165) is 38.9 Å². The summed E-state index contributed by atoms with van der Waals surface area (Å²) >= 11 is 0. The highest BCUT2D eigenvalue weighted by Crippen LogP contribution is 1.95. The molecule has 5 nitrogen and oxygen atoms in total. The molecule has 20 heavy (non-hydrogen) atoms. The number of aliphatic hydroxyl groups excluding tert-OH is 1. The van der Waals surface area contributed by atoms with Crippen molar-refractivity contribution < 1.29 is 24.1 Å². The highest BCUT2D eigenvalue weighted by Gasteiger charge is 2.07. The number of rotatable bonds is 16. The molecule has 0 aromatic carbocycles. The van der Waals surface area contributed by atoms with Crippen LogP contribution in [0.25, 0.3) is 0 Å². The third-order valence-corrected chi connectivity index (χ3v) is 2.75. The molecule has 0 heterocycles. The summed E-state index contributed by atoms with van der Waals surface area (Å²) in [6.07, 6.45) is 4.15. The predicted octanol–water partition coefficient (Wildman–Crippen LogP) is 2.01. The molecule has 1 N–H and O–H groups in total. The van der Waals surface area contributed by atoms with Gasteiger partial charge >= 0.3 is 0 Å². The van der Waals surface area contributed by atoms with Crippen LogP contribution in [0.1, 0.15) is 39.5 Å². The average Bonchev–Trinajstić information content (AvgIpc) is 2.47. The van der Waals surface area contributed by atoms with E-state index in [2.05, 4.69) is 13.8 Å². The summed E-state index contributed by atoms with van der Waals surface area (Å²) in [6, 6.07) is 0. The molecular weight excluding hydrogens is 260 g/mol. The van der Waals surface area contributed by atoms with Crippen LogP contribution < -0.4 is 0 Å². The number of aliphatic hydroxyl groups is 1. The van der Waals surface area contributed by atoms with E-state index < -0.39 is 0 Å². The molecule has 0 amide bonds. The Kier molecular flexibility index (Phi) is 16.7. The maximum Gasteiger partial charge on any atom is 0.104 e. The highest BCUT2D eigenvalue weighted by atomic mass is 16.6. The van der Waals surface area contributed by atoms with Crippen LogP contribution in [-0.2, 0) is 18.9 Å². The van der Waals surface area contributed by atoms with Crippen LogP contribution in [0.3, 0.4) is 0 Å². The molecule has 0 saturated heterocycles. The molecule has 0 rings (SSSR count). The molecular formula is C15H32O5. The maximum atomic E-state index is 9.16. The van der Waals surface area contributed by atoms with Crippen LogP contribution in [0, 0.1) is 0 Å². The first-order valence-electron chi connectivity index (χ1n) is 7.80. The van der Waals surface area contributed by atoms with Crippen LogP contribution in [0.5, 0.6) is 0 Å². The van der Waals surface area contributed by atoms with E-state index in [-0.39, 0.29) is 12.7 Å². The first-order valence-corrected chi connectivity index (χ1v) is 7.80. The van der Waals surface area contributed by atoms with E-state index >= 15 is 0 Å². The zero-order valence-electron chi connectivity index (χ0n) is 13.1. The van der Waals surface area contributed by atoms with Crippen LogP contribution in [-0.4, -0.2) is 64.1 Å². The summed E-state index contributed by atoms with van der Waals surface area (Å²) in [7, 11) is 0. The van der Waals surface area contributed by atoms with E-state index in [0.29, 0.717) is 33.0 Å². The molecule has 0 aromatic heterocycles. The van der Waals surface area contributed by atoms with Crippen molar-refractivity contribution in [2.45, 2.75) is 45.6 Å². The second kappa shape index (κ2) is 16.9. The van der Waals surface area contributed by atoms with Gasteiger partial charge in [0.25, 0.3) is 0 Å². The standard InChI is InChI=1S/C15H32O5/c1-3-5-7-17-9-10-19-14-15(13-16)20-12-11-18-8-6-4-2/h15-16H,3-14H2,1-2H3. The van der Waals surface area contributed by atoms with Crippen molar-refractivity contribution in [3.8, 4) is 0 Å². The molecule has 0 saturated carbocycles. The minimum atomic E-state index is -0.277. The number of ether oxygens (including phenoxy) is 4. The van der Waals surface area contributed by atoms with Gasteiger partial charge in [0, 0.05) is 13.2 Å². The molecule has 0 radical (unpaired) electrons. The second-order valence-electron chi connectivity index (χ2n) is 4.68. The van der Waals surface area contributed by atoms with Crippen molar-refractivity contribution in [3.05, 3.63) is 0 Å². The Morgan fingerprint density at radius 2 is 1.30 bits per heavy atom. The molecule has 0 aromatic rings. The Balaban J connectivity index is 3.29. The van der Waals surface area contributed by atoms with Crippen molar-refractivity contribution in [1.82, 2.24) is 0 Å². The molecule has 5 heteroatoms. The lowest BCUT2D eigenvalue weighted by Gasteiger charge is -2.15. The topological polar surface area (TPSA) is 57.2 Å². The van der Waals surface area contributed by atoms with Gasteiger partial charge < -0.3 is 24.1 Å². The first kappa shape index (κ1) is 19.8. The third kappa shape index (κ3) is 14.2. The van der Waals surface area contributed by atoms with Gasteiger partial charge in [-0.25, -0.2) is 0 Å². The quantitative estimate of drug-likeness (QED) is 0.441. The summed E-state index contributed by atoms with van der Waals surface area (Å²) in [4.78, 5) is 0. The molecule has 122 valence electrons. The Morgan fingerprint density at radius 3 is 1.85 bits per heavy atom. The fraction of sp³-hybridized carbons (Fsp3) is 1.00. The van der Waals surface area contributed by atoms with Crippen molar-refractivity contribution in [2.24, 2.45) is 0 Å². The Hall–Kier alpha value is -0.200. The molecule has 0 aliphatic heterocycles. The number of hydrogen-bond donors (Lipinski definition) is 1. The molecule has 1 unspecified atom stereocenters. The van der Waals surface area contributed by atoms with Crippen molar-refractivity contribution in [3.63, 3.8) is 0 Å². The van der Waals surface area contributed by atoms with Gasteiger partial charge in [0.1, 0.15) is 6.10 Å². The van der Waals surface area contributed by atoms with Gasteiger partial charge in [0.2, 0.25) is 0 Å². The number of unbranched alkanes of at least 4 members (excludes halogenated alkanes) is 2. The second-order valence-corrected chi connectivity index (χ2v) is 4.68. The lowest BCUT2D eigenvalue weighted by atomic mass is 10.4. The maximum absolute atomic E-state index is 9.16. The molecule has 0 bridgehead atoms. The zero-order chi connectivity index (χ0) is 14.9. The van der Waals surface area contributed by atoms with E-state index in [1.807, 2.05) is 0 Å². The third-order valence-electron chi connectivity index (χ3n) is 2.75. The SMILES string of the molecule is CCCCOCCOCC(CO)OCCOCCCC. The molecule has 0 aliphatic rings. The van der Waals surface area contributed by atoms with Gasteiger partial charge in [-0.05, 0) is 12.8 Å². The van der Waals surface area contributed by atoms with Gasteiger partial charge in [0.05, 0.1) is 39.6 Å². The zero-order valence-corrected chi connectivity index (χ0v) is 13.1. The largest absolute Gasteiger partial charge is 0.394 e. The molecule has 0 spiro atoms. The van der Waals surface area contributed by atoms with Crippen LogP contribution in [0.4, 0.5) is 0 Å². The van der Waals surface area contributed by atoms with E-state index in [1.54, 1.807) is 0 Å². The lowest BCUT2D eigenvalue weighted by Crippen LogP contribution is -2.26. The summed E-state index contributed by atoms with van der Waals surface area (Å²) in [5.74, 6) is 0. The van der Waals surface area contributed by atoms with Gasteiger partial charge in [0.15, 0.2) is 0 Å². The minimum Gasteiger partial charge on any atom is -0.394 e. The Bertz CT molecular complexity index is 178. The average molecular weight is 292 g/mol. The van der Waals surface area contributed by atoms with Crippen molar-refractivity contribution in [1.29, 1.82) is 0 Å².